The van der Waals surface area contributed by atoms with Crippen molar-refractivity contribution in [1.29, 1.82) is 0 Å². The average Bonchev–Trinajstić information content (AvgIpc) is 3.95. The van der Waals surface area contributed by atoms with Gasteiger partial charge in [-0.15, -0.1) is 10.2 Å². The van der Waals surface area contributed by atoms with Crippen LogP contribution in [-0.4, -0.2) is 79.2 Å². The highest BCUT2D eigenvalue weighted by Gasteiger charge is 2.48. The smallest absolute Gasteiger partial charge is 0.163 e. The molecule has 2 aliphatic heterocycles. The van der Waals surface area contributed by atoms with Crippen molar-refractivity contribution in [2.45, 2.75) is 232 Å². The molecule has 0 aromatic carbocycles. The number of rotatable bonds is 31. The van der Waals surface area contributed by atoms with E-state index in [4.69, 9.17) is 28.4 Å². The summed E-state index contributed by atoms with van der Waals surface area (Å²) in [5, 5.41) is 17.7. The van der Waals surface area contributed by atoms with Gasteiger partial charge in [-0.3, -0.25) is 9.36 Å². The van der Waals surface area contributed by atoms with Crippen LogP contribution in [0.5, 0.6) is 0 Å². The second-order valence-electron chi connectivity index (χ2n) is 16.6. The Morgan fingerprint density at radius 2 is 0.889 bits per heavy atom. The maximum Gasteiger partial charge on any atom is 0.163 e. The van der Waals surface area contributed by atoms with Gasteiger partial charge in [-0.1, -0.05) is 140 Å². The van der Waals surface area contributed by atoms with Gasteiger partial charge in [0.15, 0.2) is 11.6 Å². The zero-order valence-electron chi connectivity index (χ0n) is 35.0. The highest BCUT2D eigenvalue weighted by atomic mass is 16.8. The number of nitrogens with zero attached hydrogens (tertiary/aromatic N) is 6. The van der Waals surface area contributed by atoms with Gasteiger partial charge in [0.2, 0.25) is 0 Å². The lowest BCUT2D eigenvalue weighted by Crippen LogP contribution is -2.50. The fourth-order valence-electron chi connectivity index (χ4n) is 7.50. The van der Waals surface area contributed by atoms with Gasteiger partial charge in [0.25, 0.3) is 0 Å². The zero-order chi connectivity index (χ0) is 38.5. The number of unbranched alkanes of at least 4 members (excludes halogenated alkanes) is 18. The lowest BCUT2D eigenvalue weighted by atomic mass is 10.0. The van der Waals surface area contributed by atoms with Gasteiger partial charge < -0.3 is 28.4 Å². The summed E-state index contributed by atoms with van der Waals surface area (Å²) in [6.45, 7) is 15.2. The number of hydrogen-bond acceptors (Lipinski definition) is 10. The Hall–Kier alpha value is -1.96. The average molecular weight is 761 g/mol. The monoisotopic (exact) mass is 761 g/mol. The van der Waals surface area contributed by atoms with Crippen LogP contribution in [-0.2, 0) is 54.7 Å². The minimum Gasteiger partial charge on any atom is -0.366 e. The van der Waals surface area contributed by atoms with E-state index in [1.54, 1.807) is 0 Å². The van der Waals surface area contributed by atoms with Crippen molar-refractivity contribution in [2.24, 2.45) is 0 Å². The fourth-order valence-corrected chi connectivity index (χ4v) is 7.50. The Balaban J connectivity index is 1.27. The van der Waals surface area contributed by atoms with Gasteiger partial charge in [-0.25, -0.2) is 0 Å². The molecule has 2 aromatic rings. The summed E-state index contributed by atoms with van der Waals surface area (Å²) in [6.07, 6.45) is 28.3. The van der Waals surface area contributed by atoms with Gasteiger partial charge >= 0.3 is 0 Å². The van der Waals surface area contributed by atoms with Gasteiger partial charge in [0, 0.05) is 13.1 Å². The second-order valence-corrected chi connectivity index (χ2v) is 16.6. The van der Waals surface area contributed by atoms with E-state index in [9.17, 15) is 0 Å². The molecule has 4 heterocycles. The zero-order valence-corrected chi connectivity index (χ0v) is 35.0. The molecule has 0 unspecified atom stereocenters. The Morgan fingerprint density at radius 1 is 0.556 bits per heavy atom. The standard InChI is InChI=1S/C42H76N6O6/c1-7-9-11-13-15-17-19-21-23-25-27-47-29-35(43-45-47)31-49-39(37-33-51-41(3,4)53-37)40(38-34-52-42(5,6)54-38)50-32-36-30-48(46-44-36)28-26-24-22-20-18-16-14-12-10-8-2/h29-30,37-40H,7-28,31-34H2,1-6H3/t37-,38-,39-,40-/m1/s1. The van der Waals surface area contributed by atoms with Crippen molar-refractivity contribution in [3.63, 3.8) is 0 Å². The molecular weight excluding hydrogens is 684 g/mol. The molecular formula is C42H76N6O6. The number of aromatic nitrogens is 6. The molecule has 0 amide bonds. The van der Waals surface area contributed by atoms with Crippen molar-refractivity contribution in [3.05, 3.63) is 23.8 Å². The summed E-state index contributed by atoms with van der Waals surface area (Å²) in [4.78, 5) is 0. The molecule has 2 aromatic heterocycles. The molecule has 310 valence electrons. The molecule has 2 saturated heterocycles. The third kappa shape index (κ3) is 17.0. The highest BCUT2D eigenvalue weighted by Crippen LogP contribution is 2.33. The molecule has 0 radical (unpaired) electrons. The summed E-state index contributed by atoms with van der Waals surface area (Å²) in [7, 11) is 0. The van der Waals surface area contributed by atoms with Crippen LogP contribution in [0.15, 0.2) is 12.4 Å². The second kappa shape index (κ2) is 24.6. The van der Waals surface area contributed by atoms with Gasteiger partial charge in [0.1, 0.15) is 35.8 Å². The lowest BCUT2D eigenvalue weighted by Gasteiger charge is -2.34. The minimum absolute atomic E-state index is 0.259. The van der Waals surface area contributed by atoms with E-state index in [0.29, 0.717) is 13.2 Å². The summed E-state index contributed by atoms with van der Waals surface area (Å²) < 4.78 is 41.9. The van der Waals surface area contributed by atoms with E-state index in [-0.39, 0.29) is 25.4 Å². The molecule has 0 spiro atoms. The molecule has 0 bridgehead atoms. The third-order valence-corrected chi connectivity index (χ3v) is 10.6. The summed E-state index contributed by atoms with van der Waals surface area (Å²) in [5.74, 6) is -1.47. The molecule has 0 aliphatic carbocycles. The SMILES string of the molecule is CCCCCCCCCCCCn1cc(CO[C@@H]([C@H](OCc2cn(CCCCCCCCCCCC)nn2)[C@H]2COC(C)(C)O2)[C@H]2COC(C)(C)O2)nn1. The van der Waals surface area contributed by atoms with Crippen molar-refractivity contribution in [2.75, 3.05) is 13.2 Å². The highest BCUT2D eigenvalue weighted by molar-refractivity contribution is 4.96. The summed E-state index contributed by atoms with van der Waals surface area (Å²) >= 11 is 0. The Kier molecular flexibility index (Phi) is 20.4. The fraction of sp³-hybridized carbons (Fsp3) is 0.905. The van der Waals surface area contributed by atoms with Gasteiger partial charge in [-0.05, 0) is 40.5 Å². The first-order chi connectivity index (χ1) is 26.2. The van der Waals surface area contributed by atoms with Crippen LogP contribution >= 0.6 is 0 Å². The van der Waals surface area contributed by atoms with E-state index in [1.807, 2.05) is 49.5 Å². The number of hydrogen-bond donors (Lipinski definition) is 0. The van der Waals surface area contributed by atoms with Crippen LogP contribution in [0, 0.1) is 0 Å². The third-order valence-electron chi connectivity index (χ3n) is 10.6. The van der Waals surface area contributed by atoms with Crippen molar-refractivity contribution >= 4 is 0 Å². The molecule has 0 N–H and O–H groups in total. The van der Waals surface area contributed by atoms with E-state index >= 15 is 0 Å². The van der Waals surface area contributed by atoms with Crippen molar-refractivity contribution in [3.8, 4) is 0 Å². The van der Waals surface area contributed by atoms with Crippen LogP contribution in [0.2, 0.25) is 0 Å². The molecule has 4 rings (SSSR count). The van der Waals surface area contributed by atoms with Crippen LogP contribution in [0.3, 0.4) is 0 Å². The molecule has 54 heavy (non-hydrogen) atoms. The van der Waals surface area contributed by atoms with E-state index in [2.05, 4.69) is 34.5 Å². The Bertz CT molecular complexity index is 1160. The first-order valence-corrected chi connectivity index (χ1v) is 21.8. The quantitative estimate of drug-likeness (QED) is 0.0688. The molecule has 12 nitrogen and oxygen atoms in total. The van der Waals surface area contributed by atoms with Gasteiger partial charge in [0.05, 0.1) is 38.8 Å². The molecule has 2 fully saturated rings. The number of ether oxygens (including phenoxy) is 6. The first kappa shape index (κ1) is 44.8. The predicted octanol–water partition coefficient (Wildman–Crippen LogP) is 9.48. The Morgan fingerprint density at radius 3 is 1.20 bits per heavy atom. The van der Waals surface area contributed by atoms with E-state index < -0.39 is 23.8 Å². The van der Waals surface area contributed by atoms with Crippen LogP contribution < -0.4 is 0 Å². The van der Waals surface area contributed by atoms with Crippen molar-refractivity contribution in [1.82, 2.24) is 30.0 Å². The molecule has 2 aliphatic rings. The van der Waals surface area contributed by atoms with E-state index in [0.717, 1.165) is 37.3 Å². The Labute approximate surface area is 327 Å². The molecule has 12 heteroatoms. The van der Waals surface area contributed by atoms with Gasteiger partial charge in [-0.2, -0.15) is 0 Å². The largest absolute Gasteiger partial charge is 0.366 e. The lowest BCUT2D eigenvalue weighted by molar-refractivity contribution is -0.208. The van der Waals surface area contributed by atoms with E-state index in [1.165, 1.54) is 116 Å². The van der Waals surface area contributed by atoms with Crippen molar-refractivity contribution < 1.29 is 28.4 Å². The molecule has 0 saturated carbocycles. The maximum atomic E-state index is 6.66. The minimum atomic E-state index is -0.737. The predicted molar refractivity (Wildman–Crippen MR) is 211 cm³/mol. The summed E-state index contributed by atoms with van der Waals surface area (Å²) in [6, 6.07) is 0. The van der Waals surface area contributed by atoms with Crippen LogP contribution in [0.25, 0.3) is 0 Å². The normalized spacial score (nSPS) is 20.6. The van der Waals surface area contributed by atoms with Crippen LogP contribution in [0.1, 0.15) is 181 Å². The summed E-state index contributed by atoms with van der Waals surface area (Å²) in [5.41, 5.74) is 1.53. The maximum absolute atomic E-state index is 6.66. The topological polar surface area (TPSA) is 117 Å². The number of aryl methyl sites for hydroxylation is 2. The van der Waals surface area contributed by atoms with Crippen LogP contribution in [0.4, 0.5) is 0 Å². The molecule has 4 atom stereocenters. The first-order valence-electron chi connectivity index (χ1n) is 21.8.